The summed E-state index contributed by atoms with van der Waals surface area (Å²) in [6.07, 6.45) is 4.01. The van der Waals surface area contributed by atoms with Crippen LogP contribution in [-0.4, -0.2) is 46.6 Å². The van der Waals surface area contributed by atoms with Crippen LogP contribution in [0.1, 0.15) is 39.2 Å². The Kier molecular flexibility index (Phi) is 5.78. The summed E-state index contributed by atoms with van der Waals surface area (Å²) < 4.78 is 5.59. The maximum atomic E-state index is 12.7. The van der Waals surface area contributed by atoms with Crippen molar-refractivity contribution in [1.82, 2.24) is 9.88 Å². The van der Waals surface area contributed by atoms with Gasteiger partial charge in [-0.25, -0.2) is 4.98 Å². The Bertz CT molecular complexity index is 726. The van der Waals surface area contributed by atoms with E-state index in [4.69, 9.17) is 9.84 Å². The molecule has 2 heterocycles. The fourth-order valence-corrected chi connectivity index (χ4v) is 3.76. The smallest absolute Gasteiger partial charge is 0.323 e. The lowest BCUT2D eigenvalue weighted by Gasteiger charge is -2.19. The number of aliphatic carboxylic acids is 1. The highest BCUT2D eigenvalue weighted by Gasteiger charge is 2.25. The fourth-order valence-electron chi connectivity index (χ4n) is 2.79. The molecule has 1 aliphatic heterocycles. The molecule has 0 radical (unpaired) electrons. The molecular formula is C18H20N2O4S. The molecule has 1 N–H and O–H groups in total. The van der Waals surface area contributed by atoms with Crippen molar-refractivity contribution in [3.63, 3.8) is 0 Å². The Balaban J connectivity index is 1.69. The summed E-state index contributed by atoms with van der Waals surface area (Å²) in [7, 11) is 0. The van der Waals surface area contributed by atoms with Crippen LogP contribution in [0.25, 0.3) is 0 Å². The van der Waals surface area contributed by atoms with E-state index >= 15 is 0 Å². The molecule has 3 rings (SSSR count). The van der Waals surface area contributed by atoms with Gasteiger partial charge in [-0.1, -0.05) is 30.3 Å². The fraction of sp³-hybridized carbons (Fsp3) is 0.389. The Morgan fingerprint density at radius 1 is 1.32 bits per heavy atom. The third-order valence-electron chi connectivity index (χ3n) is 4.07. The molecule has 1 aromatic heterocycles. The quantitative estimate of drug-likeness (QED) is 0.821. The predicted octanol–water partition coefficient (Wildman–Crippen LogP) is 2.76. The second-order valence-electron chi connectivity index (χ2n) is 5.92. The van der Waals surface area contributed by atoms with E-state index in [9.17, 15) is 9.59 Å². The summed E-state index contributed by atoms with van der Waals surface area (Å²) in [5.41, 5.74) is 1.06. The minimum atomic E-state index is -1.02. The maximum Gasteiger partial charge on any atom is 0.323 e. The highest BCUT2D eigenvalue weighted by atomic mass is 32.1. The first kappa shape index (κ1) is 17.6. The van der Waals surface area contributed by atoms with Crippen LogP contribution >= 0.6 is 11.3 Å². The second-order valence-corrected chi connectivity index (χ2v) is 6.98. The van der Waals surface area contributed by atoms with Crippen LogP contribution in [-0.2, 0) is 16.0 Å². The number of benzene rings is 1. The number of aromatic nitrogens is 1. The van der Waals surface area contributed by atoms with Gasteiger partial charge in [-0.2, -0.15) is 0 Å². The number of carboxylic acid groups (broad SMARTS) is 1. The first-order chi connectivity index (χ1) is 12.1. The molecule has 6 nitrogen and oxygen atoms in total. The van der Waals surface area contributed by atoms with Gasteiger partial charge in [0, 0.05) is 13.2 Å². The van der Waals surface area contributed by atoms with Crippen LogP contribution in [0.5, 0.6) is 0 Å². The average molecular weight is 360 g/mol. The van der Waals surface area contributed by atoms with Gasteiger partial charge < -0.3 is 14.7 Å². The van der Waals surface area contributed by atoms with Crippen molar-refractivity contribution in [1.29, 1.82) is 0 Å². The standard InChI is InChI=1S/C18H20N2O4S/c21-16(22)12-20(9-8-13-5-2-1-3-6-13)18(23)15-11-19-17(25-15)14-7-4-10-24-14/h1-3,5-6,11,14H,4,7-10,12H2,(H,21,22). The number of rotatable bonds is 7. The van der Waals surface area contributed by atoms with E-state index in [2.05, 4.69) is 4.98 Å². The van der Waals surface area contributed by atoms with E-state index in [1.54, 1.807) is 0 Å². The van der Waals surface area contributed by atoms with Crippen molar-refractivity contribution in [3.05, 3.63) is 52.0 Å². The minimum Gasteiger partial charge on any atom is -0.480 e. The lowest BCUT2D eigenvalue weighted by molar-refractivity contribution is -0.137. The summed E-state index contributed by atoms with van der Waals surface area (Å²) in [6, 6.07) is 9.70. The van der Waals surface area contributed by atoms with Crippen LogP contribution in [0.3, 0.4) is 0 Å². The number of ether oxygens (including phenoxy) is 1. The van der Waals surface area contributed by atoms with Crippen LogP contribution in [0.2, 0.25) is 0 Å². The molecule has 1 atom stereocenters. The molecule has 0 aliphatic carbocycles. The van der Waals surface area contributed by atoms with Gasteiger partial charge in [-0.05, 0) is 24.8 Å². The lowest BCUT2D eigenvalue weighted by atomic mass is 10.1. The van der Waals surface area contributed by atoms with Crippen molar-refractivity contribution in [2.75, 3.05) is 19.7 Å². The van der Waals surface area contributed by atoms with Gasteiger partial charge in [0.25, 0.3) is 5.91 Å². The largest absolute Gasteiger partial charge is 0.480 e. The van der Waals surface area contributed by atoms with Gasteiger partial charge in [-0.15, -0.1) is 11.3 Å². The number of nitrogens with zero attached hydrogens (tertiary/aromatic N) is 2. The van der Waals surface area contributed by atoms with Gasteiger partial charge in [0.1, 0.15) is 22.5 Å². The molecule has 1 aliphatic rings. The number of hydrogen-bond acceptors (Lipinski definition) is 5. The number of carbonyl (C=O) groups is 2. The predicted molar refractivity (Wildman–Crippen MR) is 93.7 cm³/mol. The number of hydrogen-bond donors (Lipinski definition) is 1. The number of carboxylic acids is 1. The summed E-state index contributed by atoms with van der Waals surface area (Å²) in [6.45, 7) is 0.747. The first-order valence-electron chi connectivity index (χ1n) is 8.26. The van der Waals surface area contributed by atoms with Crippen molar-refractivity contribution in [3.8, 4) is 0 Å². The van der Waals surface area contributed by atoms with Gasteiger partial charge in [-0.3, -0.25) is 9.59 Å². The molecular weight excluding hydrogens is 340 g/mol. The molecule has 1 unspecified atom stereocenters. The SMILES string of the molecule is O=C(O)CN(CCc1ccccc1)C(=O)c1cnc(C2CCCO2)s1. The van der Waals surface area contributed by atoms with Crippen molar-refractivity contribution >= 4 is 23.2 Å². The van der Waals surface area contributed by atoms with Gasteiger partial charge in [0.2, 0.25) is 0 Å². The van der Waals surface area contributed by atoms with Crippen LogP contribution in [0, 0.1) is 0 Å². The number of amides is 1. The average Bonchev–Trinajstić information content (AvgIpc) is 3.29. The zero-order valence-corrected chi connectivity index (χ0v) is 14.6. The monoisotopic (exact) mass is 360 g/mol. The third kappa shape index (κ3) is 4.64. The van der Waals surface area contributed by atoms with E-state index < -0.39 is 5.97 Å². The molecule has 1 aromatic carbocycles. The summed E-state index contributed by atoms with van der Waals surface area (Å²) in [4.78, 5) is 30.0. The zero-order chi connectivity index (χ0) is 17.6. The molecule has 1 saturated heterocycles. The van der Waals surface area contributed by atoms with E-state index in [1.807, 2.05) is 30.3 Å². The van der Waals surface area contributed by atoms with E-state index in [1.165, 1.54) is 22.4 Å². The maximum absolute atomic E-state index is 12.7. The normalized spacial score (nSPS) is 16.7. The Morgan fingerprint density at radius 3 is 2.80 bits per heavy atom. The van der Waals surface area contributed by atoms with E-state index in [0.29, 0.717) is 17.8 Å². The van der Waals surface area contributed by atoms with Gasteiger partial charge in [0.05, 0.1) is 6.20 Å². The molecule has 2 aromatic rings. The minimum absolute atomic E-state index is 0.0382. The lowest BCUT2D eigenvalue weighted by Crippen LogP contribution is -2.36. The molecule has 0 saturated carbocycles. The number of carbonyl (C=O) groups excluding carboxylic acids is 1. The Morgan fingerprint density at radius 2 is 2.12 bits per heavy atom. The Labute approximate surface area is 150 Å². The van der Waals surface area contributed by atoms with Crippen molar-refractivity contribution < 1.29 is 19.4 Å². The van der Waals surface area contributed by atoms with Crippen LogP contribution in [0.4, 0.5) is 0 Å². The van der Waals surface area contributed by atoms with E-state index in [0.717, 1.165) is 30.0 Å². The molecule has 1 fully saturated rings. The molecule has 25 heavy (non-hydrogen) atoms. The van der Waals surface area contributed by atoms with Gasteiger partial charge >= 0.3 is 5.97 Å². The highest BCUT2D eigenvalue weighted by molar-refractivity contribution is 7.13. The topological polar surface area (TPSA) is 79.7 Å². The van der Waals surface area contributed by atoms with Crippen molar-refractivity contribution in [2.45, 2.75) is 25.4 Å². The molecule has 7 heteroatoms. The van der Waals surface area contributed by atoms with Gasteiger partial charge in [0.15, 0.2) is 0 Å². The number of thiazole rings is 1. The molecule has 0 spiro atoms. The van der Waals surface area contributed by atoms with Crippen LogP contribution in [0.15, 0.2) is 36.5 Å². The van der Waals surface area contributed by atoms with Crippen LogP contribution < -0.4 is 0 Å². The Hall–Kier alpha value is -2.25. The zero-order valence-electron chi connectivity index (χ0n) is 13.8. The second kappa shape index (κ2) is 8.22. The first-order valence-corrected chi connectivity index (χ1v) is 9.07. The van der Waals surface area contributed by atoms with E-state index in [-0.39, 0.29) is 18.6 Å². The van der Waals surface area contributed by atoms with Crippen molar-refractivity contribution in [2.24, 2.45) is 0 Å². The third-order valence-corrected chi connectivity index (χ3v) is 5.14. The summed E-state index contributed by atoms with van der Waals surface area (Å²) in [5, 5.41) is 9.92. The molecule has 132 valence electrons. The molecule has 0 bridgehead atoms. The molecule has 1 amide bonds. The summed E-state index contributed by atoms with van der Waals surface area (Å²) in [5.74, 6) is -1.31. The highest BCUT2D eigenvalue weighted by Crippen LogP contribution is 2.31. The summed E-state index contributed by atoms with van der Waals surface area (Å²) >= 11 is 1.30.